The molecule has 1 aromatic carbocycles. The summed E-state index contributed by atoms with van der Waals surface area (Å²) in [6.07, 6.45) is 0. The molecule has 0 saturated carbocycles. The van der Waals surface area contributed by atoms with Crippen LogP contribution >= 0.6 is 11.3 Å². The second-order valence-corrected chi connectivity index (χ2v) is 5.40. The van der Waals surface area contributed by atoms with Crippen LogP contribution in [0.5, 0.6) is 0 Å². The molecule has 0 atom stereocenters. The number of benzene rings is 1. The van der Waals surface area contributed by atoms with E-state index in [4.69, 9.17) is 0 Å². The van der Waals surface area contributed by atoms with Gasteiger partial charge in [0.25, 0.3) is 5.91 Å². The van der Waals surface area contributed by atoms with Gasteiger partial charge in [0.2, 0.25) is 0 Å². The van der Waals surface area contributed by atoms with Gasteiger partial charge >= 0.3 is 5.97 Å². The van der Waals surface area contributed by atoms with E-state index < -0.39 is 5.97 Å². The molecule has 0 fully saturated rings. The molecule has 0 saturated heterocycles. The van der Waals surface area contributed by atoms with Crippen molar-refractivity contribution in [3.8, 4) is 0 Å². The van der Waals surface area contributed by atoms with Gasteiger partial charge in [-0.15, -0.1) is 11.3 Å². The molecule has 2 aromatic rings. The average Bonchev–Trinajstić information content (AvgIpc) is 2.84. The van der Waals surface area contributed by atoms with Crippen molar-refractivity contribution in [1.29, 1.82) is 0 Å². The fourth-order valence-electron chi connectivity index (χ4n) is 1.96. The summed E-state index contributed by atoms with van der Waals surface area (Å²) in [7, 11) is 1.31. The number of anilines is 1. The Bertz CT molecular complexity index is 641. The monoisotopic (exact) mass is 289 g/mol. The van der Waals surface area contributed by atoms with Crippen molar-refractivity contribution in [3.05, 3.63) is 51.9 Å². The van der Waals surface area contributed by atoms with Gasteiger partial charge in [-0.25, -0.2) is 4.79 Å². The second kappa shape index (κ2) is 5.88. The Morgan fingerprint density at radius 3 is 2.40 bits per heavy atom. The lowest BCUT2D eigenvalue weighted by molar-refractivity contribution is 0.0602. The third-order valence-corrected chi connectivity index (χ3v) is 3.61. The molecule has 1 aromatic heterocycles. The van der Waals surface area contributed by atoms with Gasteiger partial charge in [-0.3, -0.25) is 4.79 Å². The maximum atomic E-state index is 12.2. The zero-order valence-corrected chi connectivity index (χ0v) is 12.3. The summed E-state index contributed by atoms with van der Waals surface area (Å²) in [4.78, 5) is 23.8. The fraction of sp³-hybridized carbons (Fsp3) is 0.200. The van der Waals surface area contributed by atoms with Gasteiger partial charge < -0.3 is 10.1 Å². The van der Waals surface area contributed by atoms with Crippen LogP contribution in [0.4, 0.5) is 5.00 Å². The molecule has 0 aliphatic rings. The Morgan fingerprint density at radius 2 is 1.80 bits per heavy atom. The Morgan fingerprint density at radius 1 is 1.15 bits per heavy atom. The predicted octanol–water partition coefficient (Wildman–Crippen LogP) is 3.40. The Hall–Kier alpha value is -2.14. The van der Waals surface area contributed by atoms with Crippen LogP contribution < -0.4 is 5.32 Å². The van der Waals surface area contributed by atoms with Crippen LogP contribution in [0.25, 0.3) is 0 Å². The zero-order valence-electron chi connectivity index (χ0n) is 11.5. The molecule has 0 aliphatic heterocycles. The van der Waals surface area contributed by atoms with Gasteiger partial charge in [0.15, 0.2) is 0 Å². The molecule has 1 amide bonds. The average molecular weight is 289 g/mol. The number of carbonyl (C=O) groups is 2. The van der Waals surface area contributed by atoms with Crippen LogP contribution in [0, 0.1) is 13.8 Å². The lowest BCUT2D eigenvalue weighted by Crippen LogP contribution is -2.14. The van der Waals surface area contributed by atoms with Gasteiger partial charge in [-0.2, -0.15) is 0 Å². The highest BCUT2D eigenvalue weighted by atomic mass is 32.1. The van der Waals surface area contributed by atoms with E-state index in [1.165, 1.54) is 18.4 Å². The summed E-state index contributed by atoms with van der Waals surface area (Å²) < 4.78 is 4.68. The van der Waals surface area contributed by atoms with Gasteiger partial charge in [0.1, 0.15) is 5.00 Å². The van der Waals surface area contributed by atoms with E-state index in [1.54, 1.807) is 11.4 Å². The van der Waals surface area contributed by atoms with Crippen molar-refractivity contribution >= 4 is 28.2 Å². The first kappa shape index (κ1) is 14.3. The first-order chi connectivity index (χ1) is 9.51. The topological polar surface area (TPSA) is 55.4 Å². The number of nitrogens with one attached hydrogen (secondary N) is 1. The Balaban J connectivity index is 2.24. The molecule has 104 valence electrons. The number of carbonyl (C=O) groups excluding carboxylic acids is 2. The minimum atomic E-state index is -0.457. The minimum absolute atomic E-state index is 0.232. The number of esters is 1. The smallest absolute Gasteiger partial charge is 0.340 e. The van der Waals surface area contributed by atoms with E-state index in [0.717, 1.165) is 11.1 Å². The Kier molecular flexibility index (Phi) is 4.20. The van der Waals surface area contributed by atoms with Crippen molar-refractivity contribution in [1.82, 2.24) is 0 Å². The van der Waals surface area contributed by atoms with E-state index in [0.29, 0.717) is 16.1 Å². The maximum absolute atomic E-state index is 12.2. The predicted molar refractivity (Wildman–Crippen MR) is 79.5 cm³/mol. The van der Waals surface area contributed by atoms with Crippen molar-refractivity contribution in [2.75, 3.05) is 12.4 Å². The molecule has 0 spiro atoms. The van der Waals surface area contributed by atoms with E-state index in [2.05, 4.69) is 10.1 Å². The molecular weight excluding hydrogens is 274 g/mol. The van der Waals surface area contributed by atoms with Crippen molar-refractivity contribution in [2.45, 2.75) is 13.8 Å². The molecule has 2 rings (SSSR count). The van der Waals surface area contributed by atoms with E-state index in [1.807, 2.05) is 32.0 Å². The quantitative estimate of drug-likeness (QED) is 0.881. The molecule has 20 heavy (non-hydrogen) atoms. The molecule has 0 bridgehead atoms. The summed E-state index contributed by atoms with van der Waals surface area (Å²) in [5, 5.41) is 5.00. The number of methoxy groups -OCH3 is 1. The molecule has 1 heterocycles. The highest BCUT2D eigenvalue weighted by molar-refractivity contribution is 7.14. The lowest BCUT2D eigenvalue weighted by atomic mass is 10.1. The summed E-state index contributed by atoms with van der Waals surface area (Å²) in [5.41, 5.74) is 2.99. The fourth-order valence-corrected chi connectivity index (χ4v) is 2.73. The van der Waals surface area contributed by atoms with Gasteiger partial charge in [0, 0.05) is 5.56 Å². The molecule has 0 unspecified atom stereocenters. The normalized spacial score (nSPS) is 10.2. The number of thiophene rings is 1. The largest absolute Gasteiger partial charge is 0.465 e. The summed E-state index contributed by atoms with van der Waals surface area (Å²) in [5.74, 6) is -0.689. The number of ether oxygens (including phenoxy) is 1. The van der Waals surface area contributed by atoms with Crippen LogP contribution in [0.3, 0.4) is 0 Å². The molecule has 4 nitrogen and oxygen atoms in total. The maximum Gasteiger partial charge on any atom is 0.340 e. The van der Waals surface area contributed by atoms with Crippen LogP contribution in [-0.4, -0.2) is 19.0 Å². The van der Waals surface area contributed by atoms with Crippen LogP contribution in [0.15, 0.2) is 29.6 Å². The van der Waals surface area contributed by atoms with E-state index in [-0.39, 0.29) is 5.91 Å². The highest BCUT2D eigenvalue weighted by Gasteiger charge is 2.16. The first-order valence-corrected chi connectivity index (χ1v) is 6.94. The highest BCUT2D eigenvalue weighted by Crippen LogP contribution is 2.24. The molecule has 0 radical (unpaired) electrons. The third kappa shape index (κ3) is 3.05. The van der Waals surface area contributed by atoms with Gasteiger partial charge in [-0.05, 0) is 37.4 Å². The van der Waals surface area contributed by atoms with Crippen molar-refractivity contribution in [3.63, 3.8) is 0 Å². The summed E-state index contributed by atoms with van der Waals surface area (Å²) >= 11 is 1.29. The lowest BCUT2D eigenvalue weighted by Gasteiger charge is -2.07. The number of hydrogen-bond donors (Lipinski definition) is 1. The number of amides is 1. The second-order valence-electron chi connectivity index (χ2n) is 4.49. The van der Waals surface area contributed by atoms with Crippen molar-refractivity contribution in [2.24, 2.45) is 0 Å². The number of rotatable bonds is 3. The SMILES string of the molecule is COC(=O)c1ccsc1NC(=O)c1cc(C)cc(C)c1. The zero-order chi connectivity index (χ0) is 14.7. The summed E-state index contributed by atoms with van der Waals surface area (Å²) in [6.45, 7) is 3.88. The van der Waals surface area contributed by atoms with Gasteiger partial charge in [0.05, 0.1) is 12.7 Å². The standard InChI is InChI=1S/C15H15NO3S/c1-9-6-10(2)8-11(7-9)13(17)16-14-12(4-5-20-14)15(18)19-3/h4-8H,1-3H3,(H,16,17). The first-order valence-electron chi connectivity index (χ1n) is 6.06. The number of hydrogen-bond acceptors (Lipinski definition) is 4. The van der Waals surface area contributed by atoms with Crippen LogP contribution in [0.1, 0.15) is 31.8 Å². The van der Waals surface area contributed by atoms with Crippen molar-refractivity contribution < 1.29 is 14.3 Å². The molecule has 5 heteroatoms. The van der Waals surface area contributed by atoms with Gasteiger partial charge in [-0.1, -0.05) is 17.2 Å². The number of aryl methyl sites for hydroxylation is 2. The van der Waals surface area contributed by atoms with E-state index >= 15 is 0 Å². The molecule has 0 aliphatic carbocycles. The molecule has 1 N–H and O–H groups in total. The van der Waals surface area contributed by atoms with E-state index in [9.17, 15) is 9.59 Å². The van der Waals surface area contributed by atoms with Crippen LogP contribution in [0.2, 0.25) is 0 Å². The third-order valence-electron chi connectivity index (χ3n) is 2.78. The minimum Gasteiger partial charge on any atom is -0.465 e. The Labute approximate surface area is 121 Å². The molecular formula is C15H15NO3S. The summed E-state index contributed by atoms with van der Waals surface area (Å²) in [6, 6.07) is 7.26. The van der Waals surface area contributed by atoms with Crippen LogP contribution in [-0.2, 0) is 4.74 Å².